The number of alkyl carbamates (subject to hydrolysis) is 1. The van der Waals surface area contributed by atoms with Crippen LogP contribution in [0.1, 0.15) is 46.5 Å². The lowest BCUT2D eigenvalue weighted by molar-refractivity contribution is 0.0470. The summed E-state index contributed by atoms with van der Waals surface area (Å²) >= 11 is 0. The Morgan fingerprint density at radius 1 is 1.16 bits per heavy atom. The highest BCUT2D eigenvalue weighted by Crippen LogP contribution is 2.33. The fraction of sp³-hybridized carbons (Fsp3) is 0.583. The Balaban J connectivity index is 0.00000320. The topological polar surface area (TPSA) is 140 Å². The molecule has 0 spiro atoms. The van der Waals surface area contributed by atoms with Crippen molar-refractivity contribution in [2.75, 3.05) is 31.2 Å². The summed E-state index contributed by atoms with van der Waals surface area (Å²) in [6.07, 6.45) is 4.53. The third-order valence-electron chi connectivity index (χ3n) is 6.24. The second-order valence-corrected chi connectivity index (χ2v) is 10.1. The van der Waals surface area contributed by atoms with E-state index in [-0.39, 0.29) is 30.6 Å². The van der Waals surface area contributed by atoms with Crippen molar-refractivity contribution in [3.05, 3.63) is 18.3 Å². The number of hydrogen-bond acceptors (Lipinski definition) is 10. The van der Waals surface area contributed by atoms with Crippen molar-refractivity contribution in [1.82, 2.24) is 35.9 Å². The van der Waals surface area contributed by atoms with Gasteiger partial charge >= 0.3 is 6.09 Å². The molecule has 1 amide bonds. The standard InChI is InChI=1S/C24H32N8O4.ClH/c1-24(2,3)36-23(33)26-16-4-6-17(7-5-16)35-22-18-12-15(21-28-30-31-29-21)14-25-19(18)13-20(27-22)32-8-10-34-11-9-32;/h12-14,16-17H,4-11H2,1-3H3,(H,26,33)(H,28,29,30,31);1H. The number of rotatable bonds is 5. The Labute approximate surface area is 221 Å². The number of tetrazole rings is 1. The lowest BCUT2D eigenvalue weighted by Gasteiger charge is -2.31. The first-order valence-corrected chi connectivity index (χ1v) is 12.4. The molecule has 1 aliphatic heterocycles. The van der Waals surface area contributed by atoms with Gasteiger partial charge in [-0.2, -0.15) is 10.2 Å². The predicted molar refractivity (Wildman–Crippen MR) is 139 cm³/mol. The number of halogens is 1. The molecule has 37 heavy (non-hydrogen) atoms. The van der Waals surface area contributed by atoms with Gasteiger partial charge in [-0.25, -0.2) is 4.79 Å². The van der Waals surface area contributed by atoms with Crippen molar-refractivity contribution in [3.8, 4) is 17.3 Å². The van der Waals surface area contributed by atoms with Crippen LogP contribution in [0.4, 0.5) is 10.6 Å². The number of anilines is 1. The molecule has 1 saturated carbocycles. The number of carbonyl (C=O) groups excluding carboxylic acids is 1. The molecule has 0 atom stereocenters. The van der Waals surface area contributed by atoms with Gasteiger partial charge in [0.2, 0.25) is 11.7 Å². The van der Waals surface area contributed by atoms with E-state index in [0.717, 1.165) is 61.1 Å². The summed E-state index contributed by atoms with van der Waals surface area (Å²) in [6.45, 7) is 8.43. The van der Waals surface area contributed by atoms with E-state index in [2.05, 4.69) is 35.8 Å². The Kier molecular flexibility index (Phi) is 8.28. The summed E-state index contributed by atoms with van der Waals surface area (Å²) in [6, 6.07) is 3.99. The van der Waals surface area contributed by atoms with Crippen molar-refractivity contribution in [1.29, 1.82) is 0 Å². The number of H-pyrrole nitrogens is 1. The number of ether oxygens (including phenoxy) is 3. The van der Waals surface area contributed by atoms with Crippen LogP contribution < -0.4 is 15.0 Å². The van der Waals surface area contributed by atoms with Crippen LogP contribution >= 0.6 is 12.4 Å². The van der Waals surface area contributed by atoms with Gasteiger partial charge < -0.3 is 24.4 Å². The van der Waals surface area contributed by atoms with E-state index in [9.17, 15) is 4.79 Å². The average molecular weight is 533 g/mol. The number of carbonyl (C=O) groups is 1. The fourth-order valence-corrected chi connectivity index (χ4v) is 4.49. The van der Waals surface area contributed by atoms with E-state index in [1.165, 1.54) is 0 Å². The van der Waals surface area contributed by atoms with Gasteiger partial charge in [0.05, 0.1) is 24.1 Å². The van der Waals surface area contributed by atoms with Crippen molar-refractivity contribution in [2.24, 2.45) is 0 Å². The number of hydrogen-bond donors (Lipinski definition) is 2. The number of morpholine rings is 1. The molecule has 3 aromatic heterocycles. The van der Waals surface area contributed by atoms with Crippen LogP contribution in [0.15, 0.2) is 18.3 Å². The molecule has 1 aliphatic carbocycles. The molecule has 0 radical (unpaired) electrons. The fourth-order valence-electron chi connectivity index (χ4n) is 4.49. The molecule has 12 nitrogen and oxygen atoms in total. The minimum absolute atomic E-state index is 0. The van der Waals surface area contributed by atoms with E-state index in [4.69, 9.17) is 19.2 Å². The highest BCUT2D eigenvalue weighted by atomic mass is 35.5. The number of nitrogens with one attached hydrogen (secondary N) is 2. The Morgan fingerprint density at radius 2 is 1.92 bits per heavy atom. The van der Waals surface area contributed by atoms with Gasteiger partial charge in [-0.3, -0.25) is 4.98 Å². The van der Waals surface area contributed by atoms with Crippen molar-refractivity contribution < 1.29 is 19.0 Å². The highest BCUT2D eigenvalue weighted by molar-refractivity contribution is 5.88. The average Bonchev–Trinajstić information content (AvgIpc) is 3.39. The minimum Gasteiger partial charge on any atom is -0.474 e. The third kappa shape index (κ3) is 6.75. The predicted octanol–water partition coefficient (Wildman–Crippen LogP) is 3.28. The van der Waals surface area contributed by atoms with Crippen LogP contribution in [0.3, 0.4) is 0 Å². The highest BCUT2D eigenvalue weighted by Gasteiger charge is 2.27. The van der Waals surface area contributed by atoms with Gasteiger partial charge in [-0.05, 0) is 57.7 Å². The summed E-state index contributed by atoms with van der Waals surface area (Å²) < 4.78 is 17.4. The zero-order chi connectivity index (χ0) is 25.1. The molecule has 200 valence electrons. The monoisotopic (exact) mass is 532 g/mol. The molecule has 0 aromatic carbocycles. The lowest BCUT2D eigenvalue weighted by Crippen LogP contribution is -2.42. The Hall–Kier alpha value is -3.25. The van der Waals surface area contributed by atoms with Gasteiger partial charge in [-0.1, -0.05) is 0 Å². The molecule has 1 saturated heterocycles. The molecule has 5 rings (SSSR count). The van der Waals surface area contributed by atoms with Gasteiger partial charge in [-0.15, -0.1) is 22.6 Å². The molecule has 2 N–H and O–H groups in total. The van der Waals surface area contributed by atoms with Crippen LogP contribution in [-0.2, 0) is 9.47 Å². The first kappa shape index (κ1) is 26.8. The first-order chi connectivity index (χ1) is 17.3. The number of nitrogens with zero attached hydrogens (tertiary/aromatic N) is 6. The van der Waals surface area contributed by atoms with E-state index < -0.39 is 5.60 Å². The van der Waals surface area contributed by atoms with Crippen LogP contribution in [0.5, 0.6) is 5.88 Å². The number of fused-ring (bicyclic) bond motifs is 1. The molecule has 3 aromatic rings. The van der Waals surface area contributed by atoms with Crippen molar-refractivity contribution >= 4 is 35.2 Å². The molecule has 2 fully saturated rings. The molecular weight excluding hydrogens is 500 g/mol. The first-order valence-electron chi connectivity index (χ1n) is 12.4. The van der Waals surface area contributed by atoms with E-state index in [0.29, 0.717) is 24.9 Å². The summed E-state index contributed by atoms with van der Waals surface area (Å²) in [5.74, 6) is 1.82. The normalized spacial score (nSPS) is 20.2. The maximum atomic E-state index is 12.2. The summed E-state index contributed by atoms with van der Waals surface area (Å²) in [5, 5.41) is 18.0. The lowest BCUT2D eigenvalue weighted by atomic mass is 9.93. The molecule has 13 heteroatoms. The molecule has 0 unspecified atom stereocenters. The zero-order valence-corrected chi connectivity index (χ0v) is 22.1. The number of pyridine rings is 2. The quantitative estimate of drug-likeness (QED) is 0.502. The number of aromatic amines is 1. The van der Waals surface area contributed by atoms with E-state index in [1.54, 1.807) is 6.20 Å². The van der Waals surface area contributed by atoms with Crippen LogP contribution in [0.2, 0.25) is 0 Å². The van der Waals surface area contributed by atoms with Gasteiger partial charge in [0.1, 0.15) is 17.5 Å². The van der Waals surface area contributed by atoms with E-state index >= 15 is 0 Å². The zero-order valence-electron chi connectivity index (χ0n) is 21.3. The number of aromatic nitrogens is 6. The maximum Gasteiger partial charge on any atom is 0.407 e. The number of amides is 1. The SMILES string of the molecule is CC(C)(C)OC(=O)NC1CCC(Oc2nc(N3CCOCC3)cc3ncc(-c4nn[nH]n4)cc23)CC1.Cl. The molecule has 0 bridgehead atoms. The summed E-state index contributed by atoms with van der Waals surface area (Å²) in [7, 11) is 0. The van der Waals surface area contributed by atoms with Crippen molar-refractivity contribution in [3.63, 3.8) is 0 Å². The van der Waals surface area contributed by atoms with Crippen molar-refractivity contribution in [2.45, 2.75) is 64.2 Å². The Bertz CT molecular complexity index is 1190. The summed E-state index contributed by atoms with van der Waals surface area (Å²) in [5.41, 5.74) is 0.998. The third-order valence-corrected chi connectivity index (χ3v) is 6.24. The van der Waals surface area contributed by atoms with E-state index in [1.807, 2.05) is 32.9 Å². The minimum atomic E-state index is -0.517. The summed E-state index contributed by atoms with van der Waals surface area (Å²) in [4.78, 5) is 23.9. The largest absolute Gasteiger partial charge is 0.474 e. The molecule has 4 heterocycles. The van der Waals surface area contributed by atoms with Gasteiger partial charge in [0.15, 0.2) is 0 Å². The van der Waals surface area contributed by atoms with Gasteiger partial charge in [0, 0.05) is 37.0 Å². The smallest absolute Gasteiger partial charge is 0.407 e. The van der Waals surface area contributed by atoms with Crippen LogP contribution in [-0.4, -0.2) is 80.7 Å². The second-order valence-electron chi connectivity index (χ2n) is 10.1. The molecule has 2 aliphatic rings. The Morgan fingerprint density at radius 3 is 2.59 bits per heavy atom. The second kappa shape index (κ2) is 11.4. The maximum absolute atomic E-state index is 12.2. The van der Waals surface area contributed by atoms with Gasteiger partial charge in [0.25, 0.3) is 0 Å². The van der Waals surface area contributed by atoms with Crippen LogP contribution in [0.25, 0.3) is 22.3 Å². The molecular formula is C24H33ClN8O4. The van der Waals surface area contributed by atoms with Crippen LogP contribution in [0, 0.1) is 0 Å².